The van der Waals surface area contributed by atoms with E-state index < -0.39 is 0 Å². The fourth-order valence-electron chi connectivity index (χ4n) is 3.28. The molecule has 4 rings (SSSR count). The molecule has 0 bridgehead atoms. The number of carbonyl (C=O) groups is 1. The summed E-state index contributed by atoms with van der Waals surface area (Å²) >= 11 is 0. The van der Waals surface area contributed by atoms with Crippen molar-refractivity contribution in [1.29, 1.82) is 0 Å². The first-order chi connectivity index (χ1) is 12.1. The minimum Gasteiger partial charge on any atom is -0.324 e. The first-order valence-corrected chi connectivity index (χ1v) is 8.64. The number of nitrogens with zero attached hydrogens (tertiary/aromatic N) is 4. The van der Waals surface area contributed by atoms with Gasteiger partial charge in [-0.15, -0.1) is 0 Å². The number of nitrogens with one attached hydrogen (secondary N) is 2. The second-order valence-electron chi connectivity index (χ2n) is 6.79. The summed E-state index contributed by atoms with van der Waals surface area (Å²) in [6.45, 7) is 3.83. The molecule has 2 N–H and O–H groups in total. The van der Waals surface area contributed by atoms with E-state index in [9.17, 15) is 4.79 Å². The standard InChI is InChI=1S/C18H22N6O/c1-12-6-8-24(9-7-12)18(25)22-17-20-15-5-3-4-14(16(15)21-17)13-10-19-23(2)11-13/h3-5,10-12H,6-9H2,1-2H3,(H2,20,21,22,25). The molecule has 25 heavy (non-hydrogen) atoms. The summed E-state index contributed by atoms with van der Waals surface area (Å²) in [7, 11) is 1.89. The Morgan fingerprint density at radius 1 is 1.32 bits per heavy atom. The molecule has 0 saturated carbocycles. The summed E-state index contributed by atoms with van der Waals surface area (Å²) in [4.78, 5) is 22.1. The third kappa shape index (κ3) is 3.09. The number of amides is 2. The van der Waals surface area contributed by atoms with E-state index >= 15 is 0 Å². The van der Waals surface area contributed by atoms with Crippen LogP contribution in [0.2, 0.25) is 0 Å². The van der Waals surface area contributed by atoms with E-state index in [2.05, 4.69) is 27.3 Å². The molecule has 7 nitrogen and oxygen atoms in total. The Kier molecular flexibility index (Phi) is 3.91. The topological polar surface area (TPSA) is 78.8 Å². The molecule has 0 spiro atoms. The first-order valence-electron chi connectivity index (χ1n) is 8.64. The zero-order valence-electron chi connectivity index (χ0n) is 14.5. The number of hydrogen-bond donors (Lipinski definition) is 2. The third-order valence-electron chi connectivity index (χ3n) is 4.82. The van der Waals surface area contributed by atoms with Crippen LogP contribution in [0.1, 0.15) is 19.8 Å². The van der Waals surface area contributed by atoms with Crippen molar-refractivity contribution in [2.45, 2.75) is 19.8 Å². The average molecular weight is 338 g/mol. The molecular weight excluding hydrogens is 316 g/mol. The Morgan fingerprint density at radius 2 is 2.12 bits per heavy atom. The molecule has 130 valence electrons. The normalized spacial score (nSPS) is 15.7. The molecule has 0 unspecified atom stereocenters. The van der Waals surface area contributed by atoms with E-state index in [1.165, 1.54) is 0 Å². The lowest BCUT2D eigenvalue weighted by atomic mass is 10.00. The smallest absolute Gasteiger partial charge is 0.324 e. The Morgan fingerprint density at radius 3 is 2.84 bits per heavy atom. The molecule has 1 aromatic carbocycles. The molecule has 0 aliphatic carbocycles. The second kappa shape index (κ2) is 6.23. The van der Waals surface area contributed by atoms with Gasteiger partial charge < -0.3 is 9.88 Å². The van der Waals surface area contributed by atoms with Gasteiger partial charge >= 0.3 is 6.03 Å². The number of likely N-dealkylation sites (tertiary alicyclic amines) is 1. The van der Waals surface area contributed by atoms with Gasteiger partial charge in [-0.2, -0.15) is 5.10 Å². The minimum absolute atomic E-state index is 0.0890. The van der Waals surface area contributed by atoms with Crippen molar-refractivity contribution < 1.29 is 4.79 Å². The van der Waals surface area contributed by atoms with Gasteiger partial charge in [0.15, 0.2) is 0 Å². The lowest BCUT2D eigenvalue weighted by Crippen LogP contribution is -2.40. The number of para-hydroxylation sites is 1. The zero-order chi connectivity index (χ0) is 17.4. The van der Waals surface area contributed by atoms with Crippen LogP contribution in [0.4, 0.5) is 10.7 Å². The van der Waals surface area contributed by atoms with Crippen molar-refractivity contribution >= 4 is 23.0 Å². The number of urea groups is 1. The van der Waals surface area contributed by atoms with Gasteiger partial charge in [-0.05, 0) is 24.8 Å². The maximum absolute atomic E-state index is 12.5. The van der Waals surface area contributed by atoms with Gasteiger partial charge in [0.25, 0.3) is 0 Å². The largest absolute Gasteiger partial charge is 0.324 e. The monoisotopic (exact) mass is 338 g/mol. The highest BCUT2D eigenvalue weighted by Crippen LogP contribution is 2.28. The molecule has 3 heterocycles. The number of imidazole rings is 1. The van der Waals surface area contributed by atoms with E-state index in [0.717, 1.165) is 48.1 Å². The van der Waals surface area contributed by atoms with Crippen LogP contribution >= 0.6 is 0 Å². The number of anilines is 1. The number of H-pyrrole nitrogens is 1. The molecule has 1 aliphatic heterocycles. The van der Waals surface area contributed by atoms with Crippen LogP contribution in [0.3, 0.4) is 0 Å². The first kappa shape index (κ1) is 15.7. The highest BCUT2D eigenvalue weighted by atomic mass is 16.2. The van der Waals surface area contributed by atoms with E-state index in [1.54, 1.807) is 4.68 Å². The molecule has 2 aromatic heterocycles. The van der Waals surface area contributed by atoms with Gasteiger partial charge in [-0.3, -0.25) is 10.00 Å². The lowest BCUT2D eigenvalue weighted by Gasteiger charge is -2.29. The molecule has 0 atom stereocenters. The van der Waals surface area contributed by atoms with E-state index in [1.807, 2.05) is 42.5 Å². The number of carbonyl (C=O) groups excluding carboxylic acids is 1. The van der Waals surface area contributed by atoms with Gasteiger partial charge in [-0.1, -0.05) is 19.1 Å². The summed E-state index contributed by atoms with van der Waals surface area (Å²) in [6.07, 6.45) is 5.88. The molecule has 3 aromatic rings. The van der Waals surface area contributed by atoms with Crippen LogP contribution in [0.15, 0.2) is 30.6 Å². The van der Waals surface area contributed by atoms with Crippen LogP contribution in [0.25, 0.3) is 22.2 Å². The lowest BCUT2D eigenvalue weighted by molar-refractivity contribution is 0.186. The predicted octanol–water partition coefficient (Wildman–Crippen LogP) is 3.23. The van der Waals surface area contributed by atoms with Crippen molar-refractivity contribution in [3.05, 3.63) is 30.6 Å². The number of benzene rings is 1. The minimum atomic E-state index is -0.0890. The predicted molar refractivity (Wildman–Crippen MR) is 97.3 cm³/mol. The number of aromatic amines is 1. The van der Waals surface area contributed by atoms with Gasteiger partial charge in [0.1, 0.15) is 0 Å². The van der Waals surface area contributed by atoms with Crippen LogP contribution in [-0.2, 0) is 7.05 Å². The summed E-state index contributed by atoms with van der Waals surface area (Å²) in [5, 5.41) is 7.12. The number of fused-ring (bicyclic) bond motifs is 1. The molecule has 0 radical (unpaired) electrons. The number of piperidine rings is 1. The van der Waals surface area contributed by atoms with Crippen molar-refractivity contribution in [1.82, 2.24) is 24.6 Å². The molecule has 1 saturated heterocycles. The maximum atomic E-state index is 12.5. The number of aryl methyl sites for hydroxylation is 1. The summed E-state index contributed by atoms with van der Waals surface area (Å²) in [6, 6.07) is 5.85. The summed E-state index contributed by atoms with van der Waals surface area (Å²) in [5.74, 6) is 1.17. The highest BCUT2D eigenvalue weighted by Gasteiger charge is 2.21. The summed E-state index contributed by atoms with van der Waals surface area (Å²) in [5.41, 5.74) is 3.72. The molecule has 1 fully saturated rings. The number of rotatable bonds is 2. The fourth-order valence-corrected chi connectivity index (χ4v) is 3.28. The maximum Gasteiger partial charge on any atom is 0.324 e. The van der Waals surface area contributed by atoms with Crippen LogP contribution in [-0.4, -0.2) is 43.8 Å². The van der Waals surface area contributed by atoms with Crippen molar-refractivity contribution in [2.24, 2.45) is 13.0 Å². The summed E-state index contributed by atoms with van der Waals surface area (Å²) < 4.78 is 1.76. The molecule has 7 heteroatoms. The van der Waals surface area contributed by atoms with E-state index in [0.29, 0.717) is 11.9 Å². The highest BCUT2D eigenvalue weighted by molar-refractivity contribution is 5.95. The quantitative estimate of drug-likeness (QED) is 0.753. The van der Waals surface area contributed by atoms with Gasteiger partial charge in [0.2, 0.25) is 5.95 Å². The Bertz CT molecular complexity index is 903. The van der Waals surface area contributed by atoms with Gasteiger partial charge in [-0.25, -0.2) is 9.78 Å². The molecular formula is C18H22N6O. The van der Waals surface area contributed by atoms with Crippen LogP contribution < -0.4 is 5.32 Å². The SMILES string of the molecule is CC1CCN(C(=O)Nc2nc3c(-c4cnn(C)c4)cccc3[nH]2)CC1. The van der Waals surface area contributed by atoms with Crippen LogP contribution in [0, 0.1) is 5.92 Å². The third-order valence-corrected chi connectivity index (χ3v) is 4.82. The Labute approximate surface area is 146 Å². The number of hydrogen-bond acceptors (Lipinski definition) is 3. The van der Waals surface area contributed by atoms with Gasteiger partial charge in [0.05, 0.1) is 17.2 Å². The van der Waals surface area contributed by atoms with Crippen molar-refractivity contribution in [3.63, 3.8) is 0 Å². The molecule has 1 aliphatic rings. The van der Waals surface area contributed by atoms with Gasteiger partial charge in [0, 0.05) is 37.5 Å². The Hall–Kier alpha value is -2.83. The molecule has 2 amide bonds. The zero-order valence-corrected chi connectivity index (χ0v) is 14.5. The van der Waals surface area contributed by atoms with Crippen molar-refractivity contribution in [3.8, 4) is 11.1 Å². The average Bonchev–Trinajstić information content (AvgIpc) is 3.20. The van der Waals surface area contributed by atoms with Crippen LogP contribution in [0.5, 0.6) is 0 Å². The second-order valence-corrected chi connectivity index (χ2v) is 6.79. The fraction of sp³-hybridized carbons (Fsp3) is 0.389. The Balaban J connectivity index is 1.58. The van der Waals surface area contributed by atoms with E-state index in [-0.39, 0.29) is 6.03 Å². The van der Waals surface area contributed by atoms with E-state index in [4.69, 9.17) is 0 Å². The number of aromatic nitrogens is 4. The van der Waals surface area contributed by atoms with Crippen molar-refractivity contribution in [2.75, 3.05) is 18.4 Å².